The van der Waals surface area contributed by atoms with Crippen LogP contribution >= 0.6 is 43.5 Å². The molecule has 1 aliphatic heterocycles. The lowest BCUT2D eigenvalue weighted by molar-refractivity contribution is 0.567. The van der Waals surface area contributed by atoms with Crippen LogP contribution in [0, 0.1) is 5.92 Å². The molecule has 0 N–H and O–H groups in total. The first-order chi connectivity index (χ1) is 7.89. The average molecular weight is 403 g/mol. The van der Waals surface area contributed by atoms with E-state index in [0.29, 0.717) is 6.42 Å². The second-order valence-electron chi connectivity index (χ2n) is 4.23. The van der Waals surface area contributed by atoms with Gasteiger partial charge in [0.15, 0.2) is 9.84 Å². The van der Waals surface area contributed by atoms with Crippen LogP contribution in [0.25, 0.3) is 0 Å². The average Bonchev–Trinajstić information content (AvgIpc) is 2.61. The number of benzene rings is 1. The number of rotatable bonds is 2. The normalized spacial score (nSPS) is 24.8. The Labute approximate surface area is 123 Å². The summed E-state index contributed by atoms with van der Waals surface area (Å²) >= 11 is 13.3. The van der Waals surface area contributed by atoms with Crippen molar-refractivity contribution in [1.82, 2.24) is 0 Å². The van der Waals surface area contributed by atoms with Gasteiger partial charge in [0.05, 0.1) is 16.9 Å². The zero-order valence-corrected chi connectivity index (χ0v) is 13.6. The van der Waals surface area contributed by atoms with Gasteiger partial charge in [0.1, 0.15) is 0 Å². The summed E-state index contributed by atoms with van der Waals surface area (Å²) in [5.41, 5.74) is 0.947. The first kappa shape index (κ1) is 13.8. The standard InChI is InChI=1S/C11H11Br2ClO2S/c12-8-1-2-10(13)9(5-8)11(14)7-3-4-17(15,16)6-7/h1-2,5,7,11H,3-4,6H2. The minimum absolute atomic E-state index is 0.00673. The second kappa shape index (κ2) is 5.19. The topological polar surface area (TPSA) is 34.1 Å². The van der Waals surface area contributed by atoms with Gasteiger partial charge in [-0.3, -0.25) is 0 Å². The van der Waals surface area contributed by atoms with Gasteiger partial charge in [-0.25, -0.2) is 8.42 Å². The molecule has 2 rings (SSSR count). The summed E-state index contributed by atoms with van der Waals surface area (Å²) in [5.74, 6) is 0.458. The molecule has 0 spiro atoms. The smallest absolute Gasteiger partial charge is 0.150 e. The van der Waals surface area contributed by atoms with Crippen molar-refractivity contribution in [2.24, 2.45) is 5.92 Å². The minimum Gasteiger partial charge on any atom is -0.229 e. The summed E-state index contributed by atoms with van der Waals surface area (Å²) in [6, 6.07) is 5.77. The van der Waals surface area contributed by atoms with E-state index < -0.39 is 9.84 Å². The highest BCUT2D eigenvalue weighted by molar-refractivity contribution is 9.11. The van der Waals surface area contributed by atoms with Gasteiger partial charge in [-0.05, 0) is 36.1 Å². The quantitative estimate of drug-likeness (QED) is 0.703. The van der Waals surface area contributed by atoms with E-state index in [2.05, 4.69) is 31.9 Å². The van der Waals surface area contributed by atoms with Crippen molar-refractivity contribution in [3.63, 3.8) is 0 Å². The first-order valence-electron chi connectivity index (χ1n) is 5.18. The number of halogens is 3. The van der Waals surface area contributed by atoms with Crippen molar-refractivity contribution in [3.8, 4) is 0 Å². The van der Waals surface area contributed by atoms with Crippen LogP contribution in [0.15, 0.2) is 27.1 Å². The van der Waals surface area contributed by atoms with E-state index in [1.165, 1.54) is 0 Å². The Morgan fingerprint density at radius 2 is 2.06 bits per heavy atom. The van der Waals surface area contributed by atoms with Gasteiger partial charge in [0.2, 0.25) is 0 Å². The largest absolute Gasteiger partial charge is 0.229 e. The molecule has 0 radical (unpaired) electrons. The Morgan fingerprint density at radius 1 is 1.35 bits per heavy atom. The Morgan fingerprint density at radius 3 is 2.65 bits per heavy atom. The van der Waals surface area contributed by atoms with Crippen molar-refractivity contribution in [2.75, 3.05) is 11.5 Å². The third-order valence-electron chi connectivity index (χ3n) is 2.94. The second-order valence-corrected chi connectivity index (χ2v) is 8.70. The van der Waals surface area contributed by atoms with Crippen LogP contribution in [-0.4, -0.2) is 19.9 Å². The molecule has 1 aromatic carbocycles. The summed E-state index contributed by atoms with van der Waals surface area (Å²) in [4.78, 5) is 0. The number of alkyl halides is 1. The molecule has 0 saturated carbocycles. The predicted octanol–water partition coefficient (Wildman–Crippen LogP) is 3.93. The van der Waals surface area contributed by atoms with Crippen molar-refractivity contribution in [2.45, 2.75) is 11.8 Å². The van der Waals surface area contributed by atoms with Crippen LogP contribution in [0.4, 0.5) is 0 Å². The molecule has 1 aromatic rings. The van der Waals surface area contributed by atoms with Crippen LogP contribution in [-0.2, 0) is 9.84 Å². The molecule has 0 aliphatic carbocycles. The van der Waals surface area contributed by atoms with Crippen LogP contribution in [0.5, 0.6) is 0 Å². The van der Waals surface area contributed by atoms with E-state index in [4.69, 9.17) is 11.6 Å². The molecule has 1 fully saturated rings. The Kier molecular flexibility index (Phi) is 4.23. The van der Waals surface area contributed by atoms with Crippen molar-refractivity contribution in [1.29, 1.82) is 0 Å². The zero-order chi connectivity index (χ0) is 12.6. The molecule has 94 valence electrons. The van der Waals surface area contributed by atoms with E-state index in [9.17, 15) is 8.42 Å². The van der Waals surface area contributed by atoms with Gasteiger partial charge in [-0.15, -0.1) is 11.6 Å². The molecule has 0 aromatic heterocycles. The van der Waals surface area contributed by atoms with E-state index in [-0.39, 0.29) is 22.8 Å². The summed E-state index contributed by atoms with van der Waals surface area (Å²) in [6.45, 7) is 0. The lowest BCUT2D eigenvalue weighted by Crippen LogP contribution is -2.10. The molecule has 2 unspecified atom stereocenters. The lowest BCUT2D eigenvalue weighted by atomic mass is 9.98. The molecule has 17 heavy (non-hydrogen) atoms. The maximum atomic E-state index is 11.4. The van der Waals surface area contributed by atoms with Gasteiger partial charge < -0.3 is 0 Å². The van der Waals surface area contributed by atoms with E-state index >= 15 is 0 Å². The Bertz CT molecular complexity index is 530. The summed E-state index contributed by atoms with van der Waals surface area (Å²) in [7, 11) is -2.88. The molecule has 2 atom stereocenters. The highest BCUT2D eigenvalue weighted by atomic mass is 79.9. The molecule has 1 heterocycles. The van der Waals surface area contributed by atoms with Crippen LogP contribution < -0.4 is 0 Å². The van der Waals surface area contributed by atoms with Gasteiger partial charge in [0, 0.05) is 8.95 Å². The van der Waals surface area contributed by atoms with Crippen molar-refractivity contribution >= 4 is 53.3 Å². The molecular weight excluding hydrogens is 391 g/mol. The number of sulfone groups is 1. The summed E-state index contributed by atoms with van der Waals surface area (Å²) < 4.78 is 24.8. The van der Waals surface area contributed by atoms with Gasteiger partial charge in [0.25, 0.3) is 0 Å². The third kappa shape index (κ3) is 3.25. The highest BCUT2D eigenvalue weighted by Crippen LogP contribution is 2.40. The number of hydrogen-bond donors (Lipinski definition) is 0. The molecule has 2 nitrogen and oxygen atoms in total. The van der Waals surface area contributed by atoms with Crippen LogP contribution in [0.2, 0.25) is 0 Å². The Hall–Kier alpha value is 0.420. The monoisotopic (exact) mass is 400 g/mol. The zero-order valence-electron chi connectivity index (χ0n) is 8.87. The molecule has 1 saturated heterocycles. The summed E-state index contributed by atoms with van der Waals surface area (Å²) in [6.07, 6.45) is 0.648. The number of hydrogen-bond acceptors (Lipinski definition) is 2. The van der Waals surface area contributed by atoms with Crippen LogP contribution in [0.3, 0.4) is 0 Å². The molecule has 6 heteroatoms. The fourth-order valence-electron chi connectivity index (χ4n) is 2.03. The van der Waals surface area contributed by atoms with E-state index in [0.717, 1.165) is 14.5 Å². The van der Waals surface area contributed by atoms with Crippen molar-refractivity contribution < 1.29 is 8.42 Å². The highest BCUT2D eigenvalue weighted by Gasteiger charge is 2.34. The fourth-order valence-corrected chi connectivity index (χ4v) is 5.38. The van der Waals surface area contributed by atoms with Crippen LogP contribution in [0.1, 0.15) is 17.4 Å². The summed E-state index contributed by atoms with van der Waals surface area (Å²) in [5, 5.41) is -0.265. The molecule has 0 amide bonds. The molecule has 0 bridgehead atoms. The SMILES string of the molecule is O=S1(=O)CCC(C(Cl)c2cc(Br)ccc2Br)C1. The van der Waals surface area contributed by atoms with E-state index in [1.54, 1.807) is 0 Å². The fraction of sp³-hybridized carbons (Fsp3) is 0.455. The molecular formula is C11H11Br2ClO2S. The van der Waals surface area contributed by atoms with Gasteiger partial charge >= 0.3 is 0 Å². The molecule has 1 aliphatic rings. The maximum absolute atomic E-state index is 11.4. The lowest BCUT2D eigenvalue weighted by Gasteiger charge is -2.17. The first-order valence-corrected chi connectivity index (χ1v) is 9.03. The predicted molar refractivity (Wildman–Crippen MR) is 77.2 cm³/mol. The Balaban J connectivity index is 2.26. The van der Waals surface area contributed by atoms with Gasteiger partial charge in [-0.2, -0.15) is 0 Å². The van der Waals surface area contributed by atoms with Crippen molar-refractivity contribution in [3.05, 3.63) is 32.7 Å². The van der Waals surface area contributed by atoms with Gasteiger partial charge in [-0.1, -0.05) is 31.9 Å². The maximum Gasteiger partial charge on any atom is 0.150 e. The van der Waals surface area contributed by atoms with E-state index in [1.807, 2.05) is 18.2 Å². The third-order valence-corrected chi connectivity index (χ3v) is 6.54. The minimum atomic E-state index is -2.88.